The van der Waals surface area contributed by atoms with E-state index < -0.39 is 0 Å². The van der Waals surface area contributed by atoms with E-state index in [1.165, 1.54) is 50.8 Å². The molecule has 38 heavy (non-hydrogen) atoms. The lowest BCUT2D eigenvalue weighted by Gasteiger charge is -2.10. The molecule has 190 valence electrons. The maximum absolute atomic E-state index is 9.16. The van der Waals surface area contributed by atoms with E-state index in [1.807, 2.05) is 48.7 Å². The summed E-state index contributed by atoms with van der Waals surface area (Å²) in [4.78, 5) is 7.41. The zero-order chi connectivity index (χ0) is 26.8. The minimum Gasteiger partial charge on any atom is -0.193 e. The van der Waals surface area contributed by atoms with Crippen LogP contribution in [0.3, 0.4) is 0 Å². The lowest BCUT2D eigenvalue weighted by Crippen LogP contribution is -1.91. The van der Waals surface area contributed by atoms with Crippen molar-refractivity contribution in [3.05, 3.63) is 68.4 Å². The summed E-state index contributed by atoms with van der Waals surface area (Å²) in [6.45, 7) is 8.25. The molecule has 0 aliphatic carbocycles. The number of thiophene rings is 4. The molecule has 0 amide bonds. The van der Waals surface area contributed by atoms with E-state index in [9.17, 15) is 0 Å². The molecular formula is C32H28N2S4. The summed E-state index contributed by atoms with van der Waals surface area (Å²) in [6, 6.07) is 17.9. The number of hydrogen-bond donors (Lipinski definition) is 0. The molecule has 0 N–H and O–H groups in total. The fourth-order valence-electron chi connectivity index (χ4n) is 4.78. The SMILES string of the molecule is CCCc1c2cc(-c3ccc(/C=C(/C)C#N)s3)sc2c(CCC)c2cc(-c3ccc(/C=C(/C)C#N)s3)sc12. The van der Waals surface area contributed by atoms with Crippen molar-refractivity contribution in [2.45, 2.75) is 53.4 Å². The molecule has 0 bridgehead atoms. The molecular weight excluding hydrogens is 541 g/mol. The average Bonchev–Trinajstić information content (AvgIpc) is 3.71. The van der Waals surface area contributed by atoms with Gasteiger partial charge in [-0.15, -0.1) is 45.3 Å². The van der Waals surface area contributed by atoms with Gasteiger partial charge in [0, 0.05) is 49.8 Å². The number of nitrogens with zero attached hydrogens (tertiary/aromatic N) is 2. The molecule has 1 aromatic carbocycles. The lowest BCUT2D eigenvalue weighted by atomic mass is 9.96. The van der Waals surface area contributed by atoms with Crippen LogP contribution in [0.15, 0.2) is 47.5 Å². The van der Waals surface area contributed by atoms with Crippen molar-refractivity contribution in [1.29, 1.82) is 10.5 Å². The summed E-state index contributed by atoms with van der Waals surface area (Å²) < 4.78 is 2.86. The maximum Gasteiger partial charge on any atom is 0.0944 e. The summed E-state index contributed by atoms with van der Waals surface area (Å²) in [6.07, 6.45) is 8.29. The highest BCUT2D eigenvalue weighted by Crippen LogP contribution is 2.48. The first-order valence-electron chi connectivity index (χ1n) is 12.8. The third kappa shape index (κ3) is 5.15. The van der Waals surface area contributed by atoms with Gasteiger partial charge in [-0.1, -0.05) is 26.7 Å². The van der Waals surface area contributed by atoms with Crippen LogP contribution in [-0.2, 0) is 12.8 Å². The maximum atomic E-state index is 9.16. The summed E-state index contributed by atoms with van der Waals surface area (Å²) in [5.41, 5.74) is 4.42. The van der Waals surface area contributed by atoms with E-state index in [4.69, 9.17) is 10.5 Å². The van der Waals surface area contributed by atoms with Crippen molar-refractivity contribution < 1.29 is 0 Å². The fraction of sp³-hybridized carbons (Fsp3) is 0.250. The standard InChI is InChI=1S/C32H28N2S4/c1-5-7-23-25-15-29(27-11-9-21(35-27)13-19(3)17-33)38-32(25)24(8-6-2)26-16-30(37-31(23)26)28-12-10-22(36-28)14-20(4)18-34/h9-16H,5-8H2,1-4H3/b19-13-,20-14-. The number of allylic oxidation sites excluding steroid dienone is 2. The van der Waals surface area contributed by atoms with Gasteiger partial charge < -0.3 is 0 Å². The predicted octanol–water partition coefficient (Wildman–Crippen LogP) is 11.3. The van der Waals surface area contributed by atoms with Gasteiger partial charge in [0.2, 0.25) is 0 Å². The number of rotatable bonds is 8. The summed E-state index contributed by atoms with van der Waals surface area (Å²) in [5.74, 6) is 0. The molecule has 0 fully saturated rings. The van der Waals surface area contributed by atoms with E-state index in [0.29, 0.717) is 0 Å². The zero-order valence-corrected chi connectivity index (χ0v) is 25.2. The van der Waals surface area contributed by atoms with Crippen LogP contribution in [-0.4, -0.2) is 0 Å². The van der Waals surface area contributed by atoms with Gasteiger partial charge in [0.05, 0.1) is 12.1 Å². The average molecular weight is 569 g/mol. The molecule has 0 spiro atoms. The van der Waals surface area contributed by atoms with Crippen LogP contribution in [0.5, 0.6) is 0 Å². The Kier molecular flexibility index (Phi) is 7.98. The first kappa shape index (κ1) is 26.6. The molecule has 4 heterocycles. The first-order chi connectivity index (χ1) is 18.4. The highest BCUT2D eigenvalue weighted by atomic mass is 32.1. The largest absolute Gasteiger partial charge is 0.193 e. The molecule has 6 heteroatoms. The minimum absolute atomic E-state index is 0.732. The third-order valence-electron chi connectivity index (χ3n) is 6.47. The van der Waals surface area contributed by atoms with E-state index >= 15 is 0 Å². The van der Waals surface area contributed by atoms with Crippen LogP contribution in [0.1, 0.15) is 61.4 Å². The summed E-state index contributed by atoms with van der Waals surface area (Å²) in [7, 11) is 0. The van der Waals surface area contributed by atoms with Crippen molar-refractivity contribution in [2.24, 2.45) is 0 Å². The minimum atomic E-state index is 0.732. The Bertz CT molecular complexity index is 1600. The molecule has 0 atom stereocenters. The summed E-state index contributed by atoms with van der Waals surface area (Å²) >= 11 is 7.36. The predicted molar refractivity (Wildman–Crippen MR) is 170 cm³/mol. The fourth-order valence-corrected chi connectivity index (χ4v) is 9.51. The quantitative estimate of drug-likeness (QED) is 0.175. The van der Waals surface area contributed by atoms with Gasteiger partial charge in [0.1, 0.15) is 0 Å². The third-order valence-corrected chi connectivity index (χ3v) is 11.3. The van der Waals surface area contributed by atoms with Crippen molar-refractivity contribution in [1.82, 2.24) is 0 Å². The van der Waals surface area contributed by atoms with Gasteiger partial charge in [0.15, 0.2) is 0 Å². The van der Waals surface area contributed by atoms with Crippen LogP contribution in [0.4, 0.5) is 0 Å². The Morgan fingerprint density at radius 1 is 0.658 bits per heavy atom. The Balaban J connectivity index is 1.67. The monoisotopic (exact) mass is 568 g/mol. The highest BCUT2D eigenvalue weighted by molar-refractivity contribution is 7.28. The van der Waals surface area contributed by atoms with Crippen LogP contribution in [0.2, 0.25) is 0 Å². The topological polar surface area (TPSA) is 47.6 Å². The van der Waals surface area contributed by atoms with E-state index in [-0.39, 0.29) is 0 Å². The number of aryl methyl sites for hydroxylation is 2. The van der Waals surface area contributed by atoms with Crippen LogP contribution < -0.4 is 0 Å². The Morgan fingerprint density at radius 2 is 1.08 bits per heavy atom. The van der Waals surface area contributed by atoms with Gasteiger partial charge >= 0.3 is 0 Å². The highest BCUT2D eigenvalue weighted by Gasteiger charge is 2.20. The molecule has 0 aliphatic heterocycles. The Hall–Kier alpha value is -3.00. The molecule has 5 rings (SSSR count). The Labute approximate surface area is 240 Å². The van der Waals surface area contributed by atoms with Gasteiger partial charge in [0.25, 0.3) is 0 Å². The van der Waals surface area contributed by atoms with Gasteiger partial charge in [-0.3, -0.25) is 0 Å². The zero-order valence-electron chi connectivity index (χ0n) is 22.0. The summed E-state index contributed by atoms with van der Waals surface area (Å²) in [5, 5.41) is 21.2. The Morgan fingerprint density at radius 3 is 1.45 bits per heavy atom. The molecule has 5 aromatic rings. The second-order valence-electron chi connectivity index (χ2n) is 9.45. The second kappa shape index (κ2) is 11.4. The van der Waals surface area contributed by atoms with Crippen molar-refractivity contribution in [2.75, 3.05) is 0 Å². The number of fused-ring (bicyclic) bond motifs is 2. The normalized spacial score (nSPS) is 12.4. The van der Waals surface area contributed by atoms with Crippen molar-refractivity contribution in [3.8, 4) is 31.6 Å². The molecule has 0 aliphatic rings. The molecule has 0 radical (unpaired) electrons. The van der Waals surface area contributed by atoms with E-state index in [1.54, 1.807) is 22.7 Å². The van der Waals surface area contributed by atoms with Gasteiger partial charge in [-0.05, 0) is 97.1 Å². The molecule has 2 nitrogen and oxygen atoms in total. The molecule has 0 saturated heterocycles. The molecule has 0 unspecified atom stereocenters. The van der Waals surface area contributed by atoms with Crippen molar-refractivity contribution in [3.63, 3.8) is 0 Å². The number of nitriles is 2. The molecule has 0 saturated carbocycles. The van der Waals surface area contributed by atoms with E-state index in [0.717, 1.165) is 46.6 Å². The molecule has 4 aromatic heterocycles. The first-order valence-corrected chi connectivity index (χ1v) is 16.1. The van der Waals surface area contributed by atoms with Crippen LogP contribution in [0.25, 0.3) is 51.8 Å². The van der Waals surface area contributed by atoms with Gasteiger partial charge in [-0.2, -0.15) is 10.5 Å². The van der Waals surface area contributed by atoms with Crippen LogP contribution >= 0.6 is 45.3 Å². The lowest BCUT2D eigenvalue weighted by molar-refractivity contribution is 0.930. The van der Waals surface area contributed by atoms with E-state index in [2.05, 4.69) is 62.4 Å². The second-order valence-corrected chi connectivity index (χ2v) is 13.8. The smallest absolute Gasteiger partial charge is 0.0944 e. The van der Waals surface area contributed by atoms with Crippen LogP contribution in [0, 0.1) is 22.7 Å². The van der Waals surface area contributed by atoms with Crippen molar-refractivity contribution >= 4 is 77.7 Å². The van der Waals surface area contributed by atoms with Gasteiger partial charge in [-0.25, -0.2) is 0 Å². The number of benzene rings is 1. The number of hydrogen-bond acceptors (Lipinski definition) is 6.